The zero-order chi connectivity index (χ0) is 24.4. The van der Waals surface area contributed by atoms with E-state index in [1.807, 2.05) is 18.2 Å². The predicted octanol–water partition coefficient (Wildman–Crippen LogP) is 6.73. The van der Waals surface area contributed by atoms with Crippen molar-refractivity contribution in [1.29, 1.82) is 0 Å². The summed E-state index contributed by atoms with van der Waals surface area (Å²) in [5.41, 5.74) is 1.59. The van der Waals surface area contributed by atoms with Crippen molar-refractivity contribution in [3.05, 3.63) is 95.7 Å². The van der Waals surface area contributed by atoms with E-state index in [1.165, 1.54) is 30.3 Å². The molecule has 4 aromatic rings. The van der Waals surface area contributed by atoms with Gasteiger partial charge in [-0.15, -0.1) is 5.10 Å². The first-order chi connectivity index (χ1) is 16.9. The Labute approximate surface area is 202 Å². The molecule has 2 aromatic heterocycles. The van der Waals surface area contributed by atoms with Crippen LogP contribution in [-0.4, -0.2) is 21.8 Å². The van der Waals surface area contributed by atoms with E-state index in [2.05, 4.69) is 19.9 Å². The molecule has 1 aliphatic heterocycles. The van der Waals surface area contributed by atoms with Crippen molar-refractivity contribution < 1.29 is 22.3 Å². The molecule has 35 heavy (non-hydrogen) atoms. The molecule has 0 bridgehead atoms. The number of aromatic nitrogens is 3. The normalized spacial score (nSPS) is 15.3. The summed E-state index contributed by atoms with van der Waals surface area (Å²) in [4.78, 5) is 4.52. The Morgan fingerprint density at radius 3 is 2.60 bits per heavy atom. The van der Waals surface area contributed by atoms with Gasteiger partial charge < -0.3 is 9.46 Å². The van der Waals surface area contributed by atoms with E-state index in [4.69, 9.17) is 4.74 Å². The molecule has 1 atom stereocenters. The van der Waals surface area contributed by atoms with Crippen LogP contribution in [0.5, 0.6) is 5.75 Å². The summed E-state index contributed by atoms with van der Waals surface area (Å²) in [6, 6.07) is 15.6. The minimum absolute atomic E-state index is 0.201. The van der Waals surface area contributed by atoms with Crippen LogP contribution in [0.4, 0.5) is 23.4 Å². The fourth-order valence-corrected chi connectivity index (χ4v) is 4.68. The molecule has 1 N–H and O–H groups in total. The van der Waals surface area contributed by atoms with Gasteiger partial charge in [-0.2, -0.15) is 22.7 Å². The van der Waals surface area contributed by atoms with E-state index in [0.29, 0.717) is 41.3 Å². The Balaban J connectivity index is 1.50. The molecule has 0 saturated carbocycles. The highest BCUT2D eigenvalue weighted by Crippen LogP contribution is 2.44. The van der Waals surface area contributed by atoms with Crippen molar-refractivity contribution in [2.24, 2.45) is 0 Å². The minimum atomic E-state index is -4.50. The number of benzene rings is 2. The average Bonchev–Trinajstić information content (AvgIpc) is 2.87. The molecule has 10 heteroatoms. The van der Waals surface area contributed by atoms with Gasteiger partial charge in [0, 0.05) is 34.3 Å². The summed E-state index contributed by atoms with van der Waals surface area (Å²) >= 11 is 1.35. The number of alkyl halides is 3. The minimum Gasteiger partial charge on any atom is -0.493 e. The number of nitrogens with zero attached hydrogens (tertiary/aromatic N) is 3. The zero-order valence-electron chi connectivity index (χ0n) is 18.1. The van der Waals surface area contributed by atoms with Crippen LogP contribution in [0, 0.1) is 5.95 Å². The van der Waals surface area contributed by atoms with Crippen molar-refractivity contribution in [2.75, 3.05) is 11.3 Å². The fraction of sp³-hybridized carbons (Fsp3) is 0.160. The Kier molecular flexibility index (Phi) is 6.29. The monoisotopic (exact) mass is 498 g/mol. The van der Waals surface area contributed by atoms with Crippen LogP contribution in [0.1, 0.15) is 29.0 Å². The number of rotatable bonds is 5. The smallest absolute Gasteiger partial charge is 0.416 e. The van der Waals surface area contributed by atoms with Crippen molar-refractivity contribution in [1.82, 2.24) is 15.2 Å². The van der Waals surface area contributed by atoms with Crippen molar-refractivity contribution in [3.8, 4) is 16.9 Å². The lowest BCUT2D eigenvalue weighted by atomic mass is 9.82. The molecule has 0 radical (unpaired) electrons. The lowest BCUT2D eigenvalue weighted by Crippen LogP contribution is -2.16. The van der Waals surface area contributed by atoms with E-state index in [9.17, 15) is 17.6 Å². The summed E-state index contributed by atoms with van der Waals surface area (Å²) in [6.07, 6.45) is -1.08. The summed E-state index contributed by atoms with van der Waals surface area (Å²) in [7, 11) is 0. The number of halogens is 4. The molecule has 178 valence electrons. The molecule has 5 rings (SSSR count). The number of anilines is 1. The molecular weight excluding hydrogens is 480 g/mol. The van der Waals surface area contributed by atoms with Crippen LogP contribution in [0.25, 0.3) is 11.1 Å². The maximum atomic E-state index is 13.5. The Hall–Kier alpha value is -3.66. The number of ether oxygens (including phenoxy) is 1. The van der Waals surface area contributed by atoms with Gasteiger partial charge in [-0.1, -0.05) is 12.1 Å². The number of hydrogen-bond donors (Lipinski definition) is 1. The van der Waals surface area contributed by atoms with Crippen LogP contribution >= 0.6 is 11.9 Å². The summed E-state index contributed by atoms with van der Waals surface area (Å²) in [6.45, 7) is 0.408. The van der Waals surface area contributed by atoms with Crippen LogP contribution in [-0.2, 0) is 6.18 Å². The van der Waals surface area contributed by atoms with E-state index in [-0.39, 0.29) is 5.92 Å². The third-order valence-electron chi connectivity index (χ3n) is 5.66. The molecule has 1 aliphatic rings. The van der Waals surface area contributed by atoms with E-state index >= 15 is 0 Å². The molecule has 0 fully saturated rings. The van der Waals surface area contributed by atoms with Gasteiger partial charge in [0.25, 0.3) is 0 Å². The lowest BCUT2D eigenvalue weighted by Gasteiger charge is -2.29. The fourth-order valence-electron chi connectivity index (χ4n) is 4.05. The van der Waals surface area contributed by atoms with Crippen LogP contribution < -0.4 is 9.46 Å². The summed E-state index contributed by atoms with van der Waals surface area (Å²) in [5.74, 6) is 0.374. The van der Waals surface area contributed by atoms with Gasteiger partial charge in [0.15, 0.2) is 5.82 Å². The maximum Gasteiger partial charge on any atom is 0.416 e. The first-order valence-corrected chi connectivity index (χ1v) is 11.5. The standard InChI is InChI=1S/C25H18F4N4OS/c26-23-8-3-15(14-30-23)21-12-16(25(27,28)29)4-6-18(21)19-9-11-34-22-13-17(5-7-20(19)22)35-33-24-2-1-10-31-32-24/h1-8,10,12-14,19H,9,11H2,(H,32,33). The number of fused-ring (bicyclic) bond motifs is 1. The molecule has 0 amide bonds. The van der Waals surface area contributed by atoms with Crippen LogP contribution in [0.15, 0.2) is 78.0 Å². The third kappa shape index (κ3) is 5.07. The van der Waals surface area contributed by atoms with E-state index in [0.717, 1.165) is 28.7 Å². The van der Waals surface area contributed by atoms with Crippen LogP contribution in [0.2, 0.25) is 0 Å². The molecule has 3 heterocycles. The topological polar surface area (TPSA) is 59.9 Å². The maximum absolute atomic E-state index is 13.5. The van der Waals surface area contributed by atoms with Crippen molar-refractivity contribution in [2.45, 2.75) is 23.4 Å². The van der Waals surface area contributed by atoms with Crippen LogP contribution in [0.3, 0.4) is 0 Å². The van der Waals surface area contributed by atoms with Gasteiger partial charge in [-0.05, 0) is 78.0 Å². The van der Waals surface area contributed by atoms with E-state index in [1.54, 1.807) is 18.3 Å². The van der Waals surface area contributed by atoms with Gasteiger partial charge in [-0.25, -0.2) is 4.98 Å². The average molecular weight is 499 g/mol. The lowest BCUT2D eigenvalue weighted by molar-refractivity contribution is -0.137. The quantitative estimate of drug-likeness (QED) is 0.187. The zero-order valence-corrected chi connectivity index (χ0v) is 18.9. The number of pyridine rings is 1. The Morgan fingerprint density at radius 2 is 1.86 bits per heavy atom. The second-order valence-electron chi connectivity index (χ2n) is 7.87. The summed E-state index contributed by atoms with van der Waals surface area (Å²) in [5, 5.41) is 7.80. The number of hydrogen-bond acceptors (Lipinski definition) is 6. The molecule has 0 aliphatic carbocycles. The highest BCUT2D eigenvalue weighted by atomic mass is 32.2. The first kappa shape index (κ1) is 23.1. The molecule has 5 nitrogen and oxygen atoms in total. The molecule has 2 aromatic carbocycles. The molecular formula is C25H18F4N4OS. The first-order valence-electron chi connectivity index (χ1n) is 10.7. The predicted molar refractivity (Wildman–Crippen MR) is 125 cm³/mol. The van der Waals surface area contributed by atoms with Gasteiger partial charge >= 0.3 is 6.18 Å². The third-order valence-corrected chi connectivity index (χ3v) is 6.47. The molecule has 0 saturated heterocycles. The van der Waals surface area contributed by atoms with E-state index < -0.39 is 17.7 Å². The highest BCUT2D eigenvalue weighted by Gasteiger charge is 2.33. The Bertz CT molecular complexity index is 1330. The largest absolute Gasteiger partial charge is 0.493 e. The van der Waals surface area contributed by atoms with Gasteiger partial charge in [0.2, 0.25) is 5.95 Å². The second kappa shape index (κ2) is 9.53. The molecule has 0 spiro atoms. The van der Waals surface area contributed by atoms with Crippen molar-refractivity contribution >= 4 is 17.8 Å². The van der Waals surface area contributed by atoms with Gasteiger partial charge in [0.05, 0.1) is 12.2 Å². The molecule has 1 unspecified atom stereocenters. The summed E-state index contributed by atoms with van der Waals surface area (Å²) < 4.78 is 62.9. The Morgan fingerprint density at radius 1 is 1.00 bits per heavy atom. The van der Waals surface area contributed by atoms with Crippen molar-refractivity contribution in [3.63, 3.8) is 0 Å². The second-order valence-corrected chi connectivity index (χ2v) is 8.75. The SMILES string of the molecule is Fc1ccc(-c2cc(C(F)(F)F)ccc2C2CCOc3cc(SNc4cccnn4)ccc32)cn1. The van der Waals surface area contributed by atoms with Gasteiger partial charge in [0.1, 0.15) is 5.75 Å². The number of nitrogens with one attached hydrogen (secondary N) is 1. The highest BCUT2D eigenvalue weighted by molar-refractivity contribution is 8.00. The van der Waals surface area contributed by atoms with Gasteiger partial charge in [-0.3, -0.25) is 0 Å².